The zero-order chi connectivity index (χ0) is 19.5. The number of carbonyl (C=O) groups excluding carboxylic acids is 1. The lowest BCUT2D eigenvalue weighted by atomic mass is 10.1. The number of hydrogen-bond acceptors (Lipinski definition) is 3. The summed E-state index contributed by atoms with van der Waals surface area (Å²) < 4.78 is 61.5. The van der Waals surface area contributed by atoms with Crippen molar-refractivity contribution in [3.63, 3.8) is 0 Å². The smallest absolute Gasteiger partial charge is 0.322 e. The Morgan fingerprint density at radius 3 is 2.15 bits per heavy atom. The van der Waals surface area contributed by atoms with Crippen LogP contribution >= 0.6 is 0 Å². The molecule has 2 rings (SSSR count). The Kier molecular flexibility index (Phi) is 5.72. The Morgan fingerprint density at radius 2 is 1.62 bits per heavy atom. The van der Waals surface area contributed by atoms with Crippen LogP contribution < -0.4 is 10.0 Å². The lowest BCUT2D eigenvalue weighted by molar-refractivity contribution is -0.121. The number of aryl methyl sites for hydroxylation is 2. The third kappa shape index (κ3) is 5.30. The SMILES string of the molecule is Cc1ccc(C(=O)Nc2ccc(S(=O)(=O)NCC(F)(F)F)cc2)cc1C. The molecule has 0 aliphatic rings. The fourth-order valence-corrected chi connectivity index (χ4v) is 3.08. The van der Waals surface area contributed by atoms with Crippen LogP contribution in [0.2, 0.25) is 0 Å². The highest BCUT2D eigenvalue weighted by Crippen LogP contribution is 2.18. The van der Waals surface area contributed by atoms with Gasteiger partial charge < -0.3 is 5.32 Å². The van der Waals surface area contributed by atoms with Crippen molar-refractivity contribution in [2.24, 2.45) is 0 Å². The van der Waals surface area contributed by atoms with E-state index in [0.29, 0.717) is 11.3 Å². The number of carbonyl (C=O) groups is 1. The third-order valence-electron chi connectivity index (χ3n) is 3.65. The molecule has 26 heavy (non-hydrogen) atoms. The van der Waals surface area contributed by atoms with Gasteiger partial charge in [0.2, 0.25) is 10.0 Å². The molecule has 0 saturated heterocycles. The monoisotopic (exact) mass is 386 g/mol. The first-order chi connectivity index (χ1) is 12.0. The minimum absolute atomic E-state index is 0.322. The van der Waals surface area contributed by atoms with Crippen molar-refractivity contribution < 1.29 is 26.4 Å². The number of rotatable bonds is 5. The van der Waals surface area contributed by atoms with Crippen molar-refractivity contribution in [3.8, 4) is 0 Å². The van der Waals surface area contributed by atoms with E-state index >= 15 is 0 Å². The van der Waals surface area contributed by atoms with Crippen LogP contribution in [0, 0.1) is 13.8 Å². The van der Waals surface area contributed by atoms with Crippen LogP contribution in [-0.2, 0) is 10.0 Å². The average molecular weight is 386 g/mol. The fraction of sp³-hybridized carbons (Fsp3) is 0.235. The maximum Gasteiger partial charge on any atom is 0.402 e. The number of alkyl halides is 3. The molecule has 0 spiro atoms. The van der Waals surface area contributed by atoms with Crippen molar-refractivity contribution >= 4 is 21.6 Å². The lowest BCUT2D eigenvalue weighted by Crippen LogP contribution is -2.33. The van der Waals surface area contributed by atoms with Gasteiger partial charge >= 0.3 is 6.18 Å². The Balaban J connectivity index is 2.09. The number of halogens is 3. The summed E-state index contributed by atoms with van der Waals surface area (Å²) in [4.78, 5) is 11.9. The molecule has 0 aliphatic carbocycles. The van der Waals surface area contributed by atoms with Gasteiger partial charge in [-0.2, -0.15) is 13.2 Å². The van der Waals surface area contributed by atoms with E-state index in [2.05, 4.69) is 5.32 Å². The van der Waals surface area contributed by atoms with E-state index < -0.39 is 22.7 Å². The number of hydrogen-bond donors (Lipinski definition) is 2. The van der Waals surface area contributed by atoms with E-state index in [1.165, 1.54) is 16.9 Å². The second-order valence-corrected chi connectivity index (χ2v) is 7.48. The minimum atomic E-state index is -4.65. The van der Waals surface area contributed by atoms with Gasteiger partial charge in [-0.05, 0) is 61.4 Å². The number of benzene rings is 2. The molecule has 0 fully saturated rings. The van der Waals surface area contributed by atoms with Crippen LogP contribution in [0.3, 0.4) is 0 Å². The molecule has 0 unspecified atom stereocenters. The van der Waals surface area contributed by atoms with E-state index in [1.54, 1.807) is 12.1 Å². The summed E-state index contributed by atoms with van der Waals surface area (Å²) in [5.74, 6) is -0.376. The Bertz CT molecular complexity index is 908. The van der Waals surface area contributed by atoms with E-state index in [-0.39, 0.29) is 10.8 Å². The van der Waals surface area contributed by atoms with Crippen LogP contribution in [0.15, 0.2) is 47.4 Å². The molecule has 2 aromatic rings. The number of sulfonamides is 1. The molecule has 140 valence electrons. The van der Waals surface area contributed by atoms with Crippen molar-refractivity contribution in [2.75, 3.05) is 11.9 Å². The minimum Gasteiger partial charge on any atom is -0.322 e. The maximum absolute atomic E-state index is 12.2. The molecule has 1 amide bonds. The van der Waals surface area contributed by atoms with E-state index in [9.17, 15) is 26.4 Å². The molecule has 0 aromatic heterocycles. The predicted octanol–water partition coefficient (Wildman–Crippen LogP) is 3.40. The quantitative estimate of drug-likeness (QED) is 0.827. The Morgan fingerprint density at radius 1 is 1.00 bits per heavy atom. The van der Waals surface area contributed by atoms with Gasteiger partial charge in [0.15, 0.2) is 0 Å². The van der Waals surface area contributed by atoms with Gasteiger partial charge in [-0.1, -0.05) is 6.07 Å². The van der Waals surface area contributed by atoms with Crippen LogP contribution in [0.1, 0.15) is 21.5 Å². The van der Waals surface area contributed by atoms with Crippen molar-refractivity contribution in [2.45, 2.75) is 24.9 Å². The molecular weight excluding hydrogens is 369 g/mol. The first-order valence-electron chi connectivity index (χ1n) is 7.53. The van der Waals surface area contributed by atoms with Crippen LogP contribution in [0.5, 0.6) is 0 Å². The molecule has 0 radical (unpaired) electrons. The molecule has 0 saturated carbocycles. The normalized spacial score (nSPS) is 12.0. The maximum atomic E-state index is 12.2. The average Bonchev–Trinajstić information content (AvgIpc) is 2.55. The highest BCUT2D eigenvalue weighted by atomic mass is 32.2. The zero-order valence-corrected chi connectivity index (χ0v) is 14.8. The largest absolute Gasteiger partial charge is 0.402 e. The molecule has 5 nitrogen and oxygen atoms in total. The van der Waals surface area contributed by atoms with Gasteiger partial charge in [0, 0.05) is 11.3 Å². The molecular formula is C17H17F3N2O3S. The van der Waals surface area contributed by atoms with Gasteiger partial charge in [0.05, 0.1) is 4.90 Å². The van der Waals surface area contributed by atoms with Crippen molar-refractivity contribution in [1.29, 1.82) is 0 Å². The van der Waals surface area contributed by atoms with Crippen molar-refractivity contribution in [1.82, 2.24) is 4.72 Å². The topological polar surface area (TPSA) is 75.3 Å². The second kappa shape index (κ2) is 7.46. The second-order valence-electron chi connectivity index (χ2n) is 5.72. The van der Waals surface area contributed by atoms with Crippen LogP contribution in [0.25, 0.3) is 0 Å². The summed E-state index contributed by atoms with van der Waals surface area (Å²) in [6.45, 7) is 2.14. The molecule has 2 N–H and O–H groups in total. The van der Waals surface area contributed by atoms with Crippen molar-refractivity contribution in [3.05, 3.63) is 59.2 Å². The van der Waals surface area contributed by atoms with E-state index in [1.807, 2.05) is 19.9 Å². The molecule has 0 bridgehead atoms. The van der Waals surface area contributed by atoms with Crippen LogP contribution in [0.4, 0.5) is 18.9 Å². The summed E-state index contributed by atoms with van der Waals surface area (Å²) in [6, 6.07) is 10.1. The van der Waals surface area contributed by atoms with Gasteiger partial charge in [0.25, 0.3) is 5.91 Å². The number of anilines is 1. The summed E-state index contributed by atoms with van der Waals surface area (Å²) in [5, 5.41) is 2.61. The van der Waals surface area contributed by atoms with Gasteiger partial charge in [0.1, 0.15) is 6.54 Å². The molecule has 0 heterocycles. The number of nitrogens with one attached hydrogen (secondary N) is 2. The zero-order valence-electron chi connectivity index (χ0n) is 14.0. The number of amides is 1. The van der Waals surface area contributed by atoms with Gasteiger partial charge in [-0.15, -0.1) is 0 Å². The highest BCUT2D eigenvalue weighted by molar-refractivity contribution is 7.89. The Hall–Kier alpha value is -2.39. The summed E-state index contributed by atoms with van der Waals surface area (Å²) >= 11 is 0. The summed E-state index contributed by atoms with van der Waals surface area (Å²) in [6.07, 6.45) is -4.65. The molecule has 0 atom stereocenters. The van der Waals surface area contributed by atoms with E-state index in [0.717, 1.165) is 23.3 Å². The van der Waals surface area contributed by atoms with Crippen LogP contribution in [-0.4, -0.2) is 27.0 Å². The van der Waals surface area contributed by atoms with E-state index in [4.69, 9.17) is 0 Å². The highest BCUT2D eigenvalue weighted by Gasteiger charge is 2.30. The molecule has 2 aromatic carbocycles. The first-order valence-corrected chi connectivity index (χ1v) is 9.01. The van der Waals surface area contributed by atoms with Gasteiger partial charge in [-0.25, -0.2) is 13.1 Å². The summed E-state index contributed by atoms with van der Waals surface area (Å²) in [7, 11) is -4.28. The first kappa shape index (κ1) is 19.9. The molecule has 0 aliphatic heterocycles. The third-order valence-corrected chi connectivity index (χ3v) is 5.07. The molecule has 9 heteroatoms. The lowest BCUT2D eigenvalue weighted by Gasteiger charge is -2.10. The van der Waals surface area contributed by atoms with Gasteiger partial charge in [-0.3, -0.25) is 4.79 Å². The predicted molar refractivity (Wildman–Crippen MR) is 91.6 cm³/mol. The summed E-state index contributed by atoms with van der Waals surface area (Å²) in [5.41, 5.74) is 2.76. The Labute approximate surface area is 149 Å². The standard InChI is InChI=1S/C17H17F3N2O3S/c1-11-3-4-13(9-12(11)2)16(23)22-14-5-7-15(8-6-14)26(24,25)21-10-17(18,19)20/h3-9,21H,10H2,1-2H3,(H,22,23). The fourth-order valence-electron chi connectivity index (χ4n) is 2.06.